The van der Waals surface area contributed by atoms with Gasteiger partial charge in [0.2, 0.25) is 0 Å². The van der Waals surface area contributed by atoms with Gasteiger partial charge in [-0.1, -0.05) is 30.3 Å². The molecule has 116 valence electrons. The summed E-state index contributed by atoms with van der Waals surface area (Å²) < 4.78 is 9.90. The number of fused-ring (bicyclic) bond motifs is 5. The number of nitrogens with zero attached hydrogens (tertiary/aromatic N) is 1. The number of pyridine rings is 1. The van der Waals surface area contributed by atoms with E-state index in [1.165, 1.54) is 14.2 Å². The number of aromatic nitrogens is 1. The van der Waals surface area contributed by atoms with E-state index < -0.39 is 29.2 Å². The summed E-state index contributed by atoms with van der Waals surface area (Å²) in [6, 6.07) is 11.5. The van der Waals surface area contributed by atoms with Crippen molar-refractivity contribution in [2.24, 2.45) is 11.8 Å². The van der Waals surface area contributed by atoms with Crippen LogP contribution in [0.15, 0.2) is 42.6 Å². The van der Waals surface area contributed by atoms with Crippen molar-refractivity contribution in [2.75, 3.05) is 14.2 Å². The second-order valence-corrected chi connectivity index (χ2v) is 5.82. The smallest absolute Gasteiger partial charge is 0.310 e. The van der Waals surface area contributed by atoms with E-state index >= 15 is 0 Å². The van der Waals surface area contributed by atoms with Gasteiger partial charge in [0.15, 0.2) is 0 Å². The fourth-order valence-corrected chi connectivity index (χ4v) is 4.11. The number of hydrogen-bond acceptors (Lipinski definition) is 5. The number of hydrogen-bond donors (Lipinski definition) is 0. The first-order valence-electron chi connectivity index (χ1n) is 7.39. The molecule has 23 heavy (non-hydrogen) atoms. The monoisotopic (exact) mass is 309 g/mol. The number of rotatable bonds is 2. The van der Waals surface area contributed by atoms with E-state index in [0.717, 1.165) is 22.4 Å². The van der Waals surface area contributed by atoms with Crippen LogP contribution in [0.25, 0.3) is 11.3 Å². The first-order chi connectivity index (χ1) is 11.2. The average Bonchev–Trinajstić information content (AvgIpc) is 3.22. The fraction of sp³-hybridized carbons (Fsp3) is 0.278. The van der Waals surface area contributed by atoms with Crippen molar-refractivity contribution in [1.82, 2.24) is 4.98 Å². The van der Waals surface area contributed by atoms with Gasteiger partial charge in [0.05, 0.1) is 37.2 Å². The van der Waals surface area contributed by atoms with E-state index in [0.29, 0.717) is 0 Å². The van der Waals surface area contributed by atoms with Crippen molar-refractivity contribution in [3.05, 3.63) is 53.7 Å². The molecule has 0 amide bonds. The second-order valence-electron chi connectivity index (χ2n) is 5.82. The highest BCUT2D eigenvalue weighted by Crippen LogP contribution is 2.70. The maximum absolute atomic E-state index is 12.3. The number of carbonyl (C=O) groups is 2. The topological polar surface area (TPSA) is 65.5 Å². The molecule has 1 aromatic heterocycles. The first kappa shape index (κ1) is 13.9. The number of ether oxygens (including phenoxy) is 2. The minimum Gasteiger partial charge on any atom is -0.469 e. The molecular formula is C18H15NO4. The molecule has 5 nitrogen and oxygen atoms in total. The maximum Gasteiger partial charge on any atom is 0.310 e. The van der Waals surface area contributed by atoms with Crippen molar-refractivity contribution in [1.29, 1.82) is 0 Å². The molecule has 0 saturated heterocycles. The van der Waals surface area contributed by atoms with E-state index in [2.05, 4.69) is 4.98 Å². The van der Waals surface area contributed by atoms with Crippen molar-refractivity contribution in [3.63, 3.8) is 0 Å². The summed E-state index contributed by atoms with van der Waals surface area (Å²) in [5, 5.41) is 0. The van der Waals surface area contributed by atoms with Gasteiger partial charge in [0, 0.05) is 11.8 Å². The van der Waals surface area contributed by atoms with Crippen LogP contribution in [-0.4, -0.2) is 31.1 Å². The van der Waals surface area contributed by atoms with Gasteiger partial charge in [-0.2, -0.15) is 0 Å². The lowest BCUT2D eigenvalue weighted by Gasteiger charge is -2.13. The molecule has 1 aromatic carbocycles. The number of carbonyl (C=O) groups excluding carboxylic acids is 2. The van der Waals surface area contributed by atoms with Gasteiger partial charge in [-0.05, 0) is 17.2 Å². The Morgan fingerprint density at radius 2 is 1.57 bits per heavy atom. The van der Waals surface area contributed by atoms with Crippen molar-refractivity contribution in [3.8, 4) is 11.3 Å². The molecule has 2 atom stereocenters. The van der Waals surface area contributed by atoms with Gasteiger partial charge in [-0.15, -0.1) is 0 Å². The lowest BCUT2D eigenvalue weighted by atomic mass is 9.89. The van der Waals surface area contributed by atoms with E-state index in [1.807, 2.05) is 36.4 Å². The van der Waals surface area contributed by atoms with E-state index in [9.17, 15) is 9.59 Å². The maximum atomic E-state index is 12.3. The minimum absolute atomic E-state index is 0.396. The van der Waals surface area contributed by atoms with Crippen LogP contribution in [0, 0.1) is 11.8 Å². The molecule has 1 spiro atoms. The summed E-state index contributed by atoms with van der Waals surface area (Å²) in [5.41, 5.74) is 2.90. The molecule has 0 N–H and O–H groups in total. The van der Waals surface area contributed by atoms with Crippen LogP contribution < -0.4 is 0 Å². The number of benzene rings is 1. The number of methoxy groups -OCH3 is 2. The Bertz CT molecular complexity index is 760. The summed E-state index contributed by atoms with van der Waals surface area (Å²) in [4.78, 5) is 29.1. The van der Waals surface area contributed by atoms with Crippen molar-refractivity contribution in [2.45, 2.75) is 5.41 Å². The molecule has 4 rings (SSSR count). The SMILES string of the molecule is COC(=O)C1C(C(=O)OC)C12c1ccccc1-c1ncccc12. The summed E-state index contributed by atoms with van der Waals surface area (Å²) in [7, 11) is 2.68. The Morgan fingerprint density at radius 3 is 2.22 bits per heavy atom. The third-order valence-electron chi connectivity index (χ3n) is 5.00. The molecule has 2 aromatic rings. The lowest BCUT2D eigenvalue weighted by Crippen LogP contribution is -2.17. The van der Waals surface area contributed by atoms with Crippen LogP contribution >= 0.6 is 0 Å². The van der Waals surface area contributed by atoms with E-state index in [1.54, 1.807) is 6.20 Å². The zero-order valence-electron chi connectivity index (χ0n) is 12.8. The molecule has 5 heteroatoms. The van der Waals surface area contributed by atoms with Crippen molar-refractivity contribution >= 4 is 11.9 Å². The van der Waals surface area contributed by atoms with Gasteiger partial charge in [0.1, 0.15) is 0 Å². The molecule has 2 aliphatic carbocycles. The molecule has 2 unspecified atom stereocenters. The second kappa shape index (κ2) is 4.65. The van der Waals surface area contributed by atoms with Gasteiger partial charge in [0.25, 0.3) is 0 Å². The summed E-state index contributed by atoms with van der Waals surface area (Å²) >= 11 is 0. The molecule has 0 aliphatic heterocycles. The largest absolute Gasteiger partial charge is 0.469 e. The average molecular weight is 309 g/mol. The fourth-order valence-electron chi connectivity index (χ4n) is 4.11. The Kier molecular flexibility index (Phi) is 2.82. The third kappa shape index (κ3) is 1.54. The highest BCUT2D eigenvalue weighted by atomic mass is 16.5. The Morgan fingerprint density at radius 1 is 0.957 bits per heavy atom. The Hall–Kier alpha value is -2.69. The molecule has 0 bridgehead atoms. The van der Waals surface area contributed by atoms with Gasteiger partial charge < -0.3 is 9.47 Å². The predicted molar refractivity (Wildman–Crippen MR) is 81.5 cm³/mol. The molecule has 1 saturated carbocycles. The first-order valence-corrected chi connectivity index (χ1v) is 7.39. The predicted octanol–water partition coefficient (Wildman–Crippen LogP) is 1.94. The van der Waals surface area contributed by atoms with E-state index in [-0.39, 0.29) is 0 Å². The Labute approximate surface area is 133 Å². The molecule has 0 radical (unpaired) electrons. The summed E-state index contributed by atoms with van der Waals surface area (Å²) in [6.45, 7) is 0. The van der Waals surface area contributed by atoms with Crippen LogP contribution in [0.2, 0.25) is 0 Å². The zero-order valence-corrected chi connectivity index (χ0v) is 12.8. The normalized spacial score (nSPS) is 26.3. The highest BCUT2D eigenvalue weighted by Gasteiger charge is 2.77. The van der Waals surface area contributed by atoms with Crippen LogP contribution in [0.1, 0.15) is 11.1 Å². The molecule has 1 fully saturated rings. The molecule has 1 heterocycles. The standard InChI is InChI=1S/C18H15NO4/c1-22-16(20)13-14(17(21)23-2)18(13)11-7-4-3-6-10(11)15-12(18)8-5-9-19-15/h3-9,13-14H,1-2H3. The van der Waals surface area contributed by atoms with Crippen LogP contribution in [0.3, 0.4) is 0 Å². The quantitative estimate of drug-likeness (QED) is 0.793. The van der Waals surface area contributed by atoms with E-state index in [4.69, 9.17) is 9.47 Å². The lowest BCUT2D eigenvalue weighted by molar-refractivity contribution is -0.148. The van der Waals surface area contributed by atoms with Gasteiger partial charge in [-0.25, -0.2) is 0 Å². The highest BCUT2D eigenvalue weighted by molar-refractivity contribution is 5.98. The van der Waals surface area contributed by atoms with Crippen LogP contribution in [-0.2, 0) is 24.5 Å². The minimum atomic E-state index is -0.722. The van der Waals surface area contributed by atoms with Crippen LogP contribution in [0.5, 0.6) is 0 Å². The molecule has 2 aliphatic rings. The van der Waals surface area contributed by atoms with Gasteiger partial charge in [-0.3, -0.25) is 14.6 Å². The molecular weight excluding hydrogens is 294 g/mol. The van der Waals surface area contributed by atoms with Crippen LogP contribution in [0.4, 0.5) is 0 Å². The van der Waals surface area contributed by atoms with Gasteiger partial charge >= 0.3 is 11.9 Å². The summed E-state index contributed by atoms with van der Waals surface area (Å²) in [6.07, 6.45) is 1.72. The Balaban J connectivity index is 2.00. The van der Waals surface area contributed by atoms with Crippen molar-refractivity contribution < 1.29 is 19.1 Å². The summed E-state index contributed by atoms with van der Waals surface area (Å²) in [5.74, 6) is -1.95. The zero-order chi connectivity index (χ0) is 16.2. The third-order valence-corrected chi connectivity index (χ3v) is 5.00. The number of esters is 2.